The summed E-state index contributed by atoms with van der Waals surface area (Å²) in [4.78, 5) is -2.33. The molecule has 1 rings (SSSR count). The SMILES string of the molecule is CC(C)CC(O)(c1ccccc1)S(=O)(=O)[O-].[Na+]. The fraction of sp³-hybridized carbons (Fsp3) is 0.455. The molecule has 1 N–H and O–H groups in total. The minimum Gasteiger partial charge on any atom is -0.745 e. The van der Waals surface area contributed by atoms with Gasteiger partial charge in [0.1, 0.15) is 10.1 Å². The fourth-order valence-corrected chi connectivity index (χ4v) is 2.58. The van der Waals surface area contributed by atoms with Crippen LogP contribution in [0.3, 0.4) is 0 Å². The first-order chi connectivity index (χ1) is 7.27. The predicted octanol–water partition coefficient (Wildman–Crippen LogP) is -1.57. The summed E-state index contributed by atoms with van der Waals surface area (Å²) in [6.07, 6.45) is -0.108. The minimum absolute atomic E-state index is 0. The largest absolute Gasteiger partial charge is 1.00 e. The molecular weight excluding hydrogens is 251 g/mol. The maximum atomic E-state index is 11.2. The summed E-state index contributed by atoms with van der Waals surface area (Å²) in [7, 11) is -4.81. The molecule has 0 radical (unpaired) electrons. The van der Waals surface area contributed by atoms with Crippen LogP contribution in [-0.4, -0.2) is 18.1 Å². The Balaban J connectivity index is 0.00000256. The third kappa shape index (κ3) is 4.05. The van der Waals surface area contributed by atoms with Crippen molar-refractivity contribution in [2.45, 2.75) is 25.2 Å². The third-order valence-electron chi connectivity index (χ3n) is 2.32. The Hall–Kier alpha value is 0.0900. The van der Waals surface area contributed by atoms with Gasteiger partial charge in [0.2, 0.25) is 0 Å². The van der Waals surface area contributed by atoms with Crippen LogP contribution in [0.1, 0.15) is 25.8 Å². The van der Waals surface area contributed by atoms with E-state index in [9.17, 15) is 18.1 Å². The Morgan fingerprint density at radius 2 is 1.76 bits per heavy atom. The van der Waals surface area contributed by atoms with E-state index in [1.807, 2.05) is 0 Å². The molecule has 0 spiro atoms. The molecule has 4 nitrogen and oxygen atoms in total. The molecule has 0 aromatic heterocycles. The molecule has 0 aliphatic carbocycles. The van der Waals surface area contributed by atoms with Crippen molar-refractivity contribution >= 4 is 10.1 Å². The van der Waals surface area contributed by atoms with Crippen LogP contribution in [0.15, 0.2) is 30.3 Å². The Labute approximate surface area is 124 Å². The maximum absolute atomic E-state index is 11.2. The number of benzene rings is 1. The molecule has 0 saturated carbocycles. The minimum atomic E-state index is -4.81. The molecule has 17 heavy (non-hydrogen) atoms. The Morgan fingerprint density at radius 1 is 1.29 bits per heavy atom. The van der Waals surface area contributed by atoms with Crippen molar-refractivity contribution in [3.8, 4) is 0 Å². The molecule has 0 aliphatic rings. The first kappa shape index (κ1) is 17.1. The van der Waals surface area contributed by atoms with Crippen LogP contribution in [0.5, 0.6) is 0 Å². The standard InChI is InChI=1S/C11H16O4S.Na/c1-9(2)8-11(12,16(13,14)15)10-6-4-3-5-7-10;/h3-7,9,12H,8H2,1-2H3,(H,13,14,15);/q;+1/p-1. The second-order valence-electron chi connectivity index (χ2n) is 4.20. The molecule has 0 heterocycles. The van der Waals surface area contributed by atoms with Gasteiger partial charge in [0.05, 0.1) is 0 Å². The van der Waals surface area contributed by atoms with Crippen LogP contribution in [0.2, 0.25) is 0 Å². The summed E-state index contributed by atoms with van der Waals surface area (Å²) in [5.74, 6) is -0.103. The molecule has 0 aliphatic heterocycles. The number of rotatable bonds is 4. The molecule has 6 heteroatoms. The Kier molecular flexibility index (Phi) is 6.35. The molecule has 0 amide bonds. The van der Waals surface area contributed by atoms with Gasteiger partial charge >= 0.3 is 29.6 Å². The number of hydrogen-bond donors (Lipinski definition) is 1. The second kappa shape index (κ2) is 6.31. The quantitative estimate of drug-likeness (QED) is 0.527. The summed E-state index contributed by atoms with van der Waals surface area (Å²) in [5, 5.41) is 10.1. The average molecular weight is 266 g/mol. The van der Waals surface area contributed by atoms with Gasteiger partial charge in [-0.2, -0.15) is 0 Å². The maximum Gasteiger partial charge on any atom is 1.00 e. The molecule has 1 aromatic carbocycles. The first-order valence-electron chi connectivity index (χ1n) is 5.00. The molecular formula is C11H15NaO4S. The fourth-order valence-electron chi connectivity index (χ4n) is 1.62. The van der Waals surface area contributed by atoms with E-state index in [1.54, 1.807) is 32.0 Å². The smallest absolute Gasteiger partial charge is 0.745 e. The van der Waals surface area contributed by atoms with Crippen molar-refractivity contribution in [2.24, 2.45) is 5.92 Å². The topological polar surface area (TPSA) is 77.4 Å². The van der Waals surface area contributed by atoms with Gasteiger partial charge < -0.3 is 9.66 Å². The van der Waals surface area contributed by atoms with Gasteiger partial charge in [0.25, 0.3) is 0 Å². The predicted molar refractivity (Wildman–Crippen MR) is 59.5 cm³/mol. The van der Waals surface area contributed by atoms with E-state index in [0.29, 0.717) is 0 Å². The molecule has 90 valence electrons. The van der Waals surface area contributed by atoms with Crippen molar-refractivity contribution in [3.05, 3.63) is 35.9 Å². The molecule has 0 bridgehead atoms. The van der Waals surface area contributed by atoms with Gasteiger partial charge in [-0.3, -0.25) is 0 Å². The molecule has 0 saturated heterocycles. The van der Waals surface area contributed by atoms with Crippen molar-refractivity contribution in [1.29, 1.82) is 0 Å². The van der Waals surface area contributed by atoms with Crippen LogP contribution in [0, 0.1) is 5.92 Å². The van der Waals surface area contributed by atoms with Crippen LogP contribution in [0.25, 0.3) is 0 Å². The zero-order valence-electron chi connectivity index (χ0n) is 10.3. The molecule has 1 unspecified atom stereocenters. The van der Waals surface area contributed by atoms with E-state index in [1.165, 1.54) is 12.1 Å². The Morgan fingerprint density at radius 3 is 2.12 bits per heavy atom. The molecule has 1 atom stereocenters. The van der Waals surface area contributed by atoms with E-state index >= 15 is 0 Å². The van der Waals surface area contributed by atoms with E-state index in [0.717, 1.165) is 0 Å². The first-order valence-corrected chi connectivity index (χ1v) is 6.41. The van der Waals surface area contributed by atoms with Crippen LogP contribution >= 0.6 is 0 Å². The van der Waals surface area contributed by atoms with E-state index in [4.69, 9.17) is 0 Å². The van der Waals surface area contributed by atoms with Crippen molar-refractivity contribution in [2.75, 3.05) is 0 Å². The van der Waals surface area contributed by atoms with Crippen molar-refractivity contribution in [1.82, 2.24) is 0 Å². The zero-order chi connectivity index (χ0) is 12.4. The van der Waals surface area contributed by atoms with Gasteiger partial charge in [-0.05, 0) is 17.9 Å². The molecule has 1 aromatic rings. The Bertz CT molecular complexity index is 444. The van der Waals surface area contributed by atoms with Gasteiger partial charge in [-0.15, -0.1) is 0 Å². The van der Waals surface area contributed by atoms with E-state index in [2.05, 4.69) is 0 Å². The summed E-state index contributed by atoms with van der Waals surface area (Å²) in [6.45, 7) is 3.50. The van der Waals surface area contributed by atoms with Crippen LogP contribution in [0.4, 0.5) is 0 Å². The van der Waals surface area contributed by atoms with Crippen molar-refractivity contribution < 1.29 is 47.6 Å². The zero-order valence-corrected chi connectivity index (χ0v) is 13.1. The molecule has 0 fully saturated rings. The van der Waals surface area contributed by atoms with Gasteiger partial charge in [-0.25, -0.2) is 8.42 Å². The second-order valence-corrected chi connectivity index (χ2v) is 5.79. The van der Waals surface area contributed by atoms with Gasteiger partial charge in [-0.1, -0.05) is 44.2 Å². The van der Waals surface area contributed by atoms with Gasteiger partial charge in [0.15, 0.2) is 4.93 Å². The summed E-state index contributed by atoms with van der Waals surface area (Å²) >= 11 is 0. The van der Waals surface area contributed by atoms with Gasteiger partial charge in [0, 0.05) is 0 Å². The van der Waals surface area contributed by atoms with Crippen LogP contribution in [-0.2, 0) is 15.1 Å². The summed E-state index contributed by atoms with van der Waals surface area (Å²) in [6, 6.07) is 7.75. The average Bonchev–Trinajstić information content (AvgIpc) is 2.16. The summed E-state index contributed by atoms with van der Waals surface area (Å²) < 4.78 is 33.6. The number of hydrogen-bond acceptors (Lipinski definition) is 4. The van der Waals surface area contributed by atoms with E-state index in [-0.39, 0.29) is 47.5 Å². The van der Waals surface area contributed by atoms with Crippen molar-refractivity contribution in [3.63, 3.8) is 0 Å². The monoisotopic (exact) mass is 266 g/mol. The normalized spacial score (nSPS) is 15.1. The van der Waals surface area contributed by atoms with E-state index < -0.39 is 15.1 Å². The summed E-state index contributed by atoms with van der Waals surface area (Å²) in [5.41, 5.74) is 0.124. The van der Waals surface area contributed by atoms with Crippen LogP contribution < -0.4 is 29.6 Å². The number of aliphatic hydroxyl groups is 1. The third-order valence-corrected chi connectivity index (χ3v) is 3.55.